The van der Waals surface area contributed by atoms with E-state index in [0.29, 0.717) is 18.3 Å². The quantitative estimate of drug-likeness (QED) is 0.523. The van der Waals surface area contributed by atoms with Gasteiger partial charge in [-0.05, 0) is 43.7 Å². The number of carbonyl (C=O) groups excluding carboxylic acids is 2. The summed E-state index contributed by atoms with van der Waals surface area (Å²) >= 11 is 1.74. The Kier molecular flexibility index (Phi) is 7.65. The van der Waals surface area contributed by atoms with Crippen LogP contribution in [-0.2, 0) is 9.53 Å². The summed E-state index contributed by atoms with van der Waals surface area (Å²) in [5.41, 5.74) is 1.81. The van der Waals surface area contributed by atoms with Gasteiger partial charge in [0.1, 0.15) is 6.04 Å². The molecule has 2 fully saturated rings. The van der Waals surface area contributed by atoms with Crippen LogP contribution in [0.2, 0.25) is 0 Å². The summed E-state index contributed by atoms with van der Waals surface area (Å²) in [5, 5.41) is 3.09. The molecule has 0 bridgehead atoms. The third-order valence-electron chi connectivity index (χ3n) is 5.72. The van der Waals surface area contributed by atoms with Crippen LogP contribution < -0.4 is 5.32 Å². The number of anilines is 1. The zero-order valence-electron chi connectivity index (χ0n) is 17.0. The van der Waals surface area contributed by atoms with Gasteiger partial charge in [0, 0.05) is 11.4 Å². The van der Waals surface area contributed by atoms with E-state index in [9.17, 15) is 9.59 Å². The Morgan fingerprint density at radius 2 is 1.96 bits per heavy atom. The molecule has 0 aromatic heterocycles. The summed E-state index contributed by atoms with van der Waals surface area (Å²) in [6, 6.07) is 7.06. The minimum Gasteiger partial charge on any atom is -0.464 e. The van der Waals surface area contributed by atoms with Gasteiger partial charge in [-0.3, -0.25) is 4.90 Å². The zero-order chi connectivity index (χ0) is 19.9. The standard InChI is InChI=1S/C22H32N2O3S/c1-3-4-14-27-21(25)19-15-28-20(17-11-6-5-7-12-17)24(19)22(26)23-18-13-9-8-10-16(18)2/h8-10,13,17,19-20H,3-7,11-12,14-15H2,1-2H3,(H,23,26)/t19-,20-/m0/s1. The third-order valence-corrected chi connectivity index (χ3v) is 7.19. The minimum atomic E-state index is -0.502. The van der Waals surface area contributed by atoms with Gasteiger partial charge >= 0.3 is 12.0 Å². The van der Waals surface area contributed by atoms with E-state index < -0.39 is 6.04 Å². The SMILES string of the molecule is CCCCOC(=O)[C@@H]1CS[C@@H](C2CCCCC2)N1C(=O)Nc1ccccc1C. The molecule has 0 radical (unpaired) electrons. The maximum atomic E-state index is 13.3. The molecule has 0 spiro atoms. The Morgan fingerprint density at radius 3 is 2.68 bits per heavy atom. The summed E-state index contributed by atoms with van der Waals surface area (Å²) in [6.45, 7) is 4.47. The van der Waals surface area contributed by atoms with Crippen molar-refractivity contribution in [3.8, 4) is 0 Å². The number of esters is 1. The normalized spacial score (nSPS) is 22.9. The fourth-order valence-electron chi connectivity index (χ4n) is 4.06. The van der Waals surface area contributed by atoms with Crippen LogP contribution in [0.3, 0.4) is 0 Å². The van der Waals surface area contributed by atoms with Crippen molar-refractivity contribution in [1.29, 1.82) is 0 Å². The lowest BCUT2D eigenvalue weighted by atomic mass is 9.88. The highest BCUT2D eigenvalue weighted by atomic mass is 32.2. The van der Waals surface area contributed by atoms with Crippen LogP contribution in [0.15, 0.2) is 24.3 Å². The Bertz CT molecular complexity index is 676. The van der Waals surface area contributed by atoms with E-state index in [4.69, 9.17) is 4.74 Å². The third kappa shape index (κ3) is 5.02. The van der Waals surface area contributed by atoms with E-state index in [0.717, 1.165) is 36.9 Å². The van der Waals surface area contributed by atoms with Crippen molar-refractivity contribution in [3.05, 3.63) is 29.8 Å². The monoisotopic (exact) mass is 404 g/mol. The fraction of sp³-hybridized carbons (Fsp3) is 0.636. The number of aryl methyl sites for hydroxylation is 1. The van der Waals surface area contributed by atoms with Crippen molar-refractivity contribution in [1.82, 2.24) is 4.90 Å². The van der Waals surface area contributed by atoms with Crippen LogP contribution in [0.4, 0.5) is 10.5 Å². The van der Waals surface area contributed by atoms with Crippen molar-refractivity contribution < 1.29 is 14.3 Å². The lowest BCUT2D eigenvalue weighted by Gasteiger charge is -2.35. The van der Waals surface area contributed by atoms with E-state index in [1.807, 2.05) is 31.2 Å². The van der Waals surface area contributed by atoms with Gasteiger partial charge in [-0.2, -0.15) is 0 Å². The van der Waals surface area contributed by atoms with Crippen LogP contribution in [0.1, 0.15) is 57.4 Å². The summed E-state index contributed by atoms with van der Waals surface area (Å²) in [4.78, 5) is 27.8. The van der Waals surface area contributed by atoms with E-state index in [1.165, 1.54) is 19.3 Å². The van der Waals surface area contributed by atoms with Gasteiger partial charge in [0.15, 0.2) is 0 Å². The van der Waals surface area contributed by atoms with Gasteiger partial charge in [0.25, 0.3) is 0 Å². The molecule has 1 aliphatic heterocycles. The maximum absolute atomic E-state index is 13.3. The van der Waals surface area contributed by atoms with Crippen LogP contribution in [-0.4, -0.2) is 40.7 Å². The van der Waals surface area contributed by atoms with Crippen LogP contribution in [0, 0.1) is 12.8 Å². The summed E-state index contributed by atoms with van der Waals surface area (Å²) in [6.07, 6.45) is 7.78. The van der Waals surface area contributed by atoms with E-state index in [1.54, 1.807) is 16.7 Å². The largest absolute Gasteiger partial charge is 0.464 e. The number of nitrogens with one attached hydrogen (secondary N) is 1. The minimum absolute atomic E-state index is 0.0491. The van der Waals surface area contributed by atoms with Crippen molar-refractivity contribution in [2.45, 2.75) is 70.2 Å². The number of para-hydroxylation sites is 1. The molecule has 6 heteroatoms. The predicted octanol–water partition coefficient (Wildman–Crippen LogP) is 5.19. The Hall–Kier alpha value is -1.69. The second-order valence-corrected chi connectivity index (χ2v) is 8.96. The molecule has 1 saturated carbocycles. The number of ether oxygens (including phenoxy) is 1. The number of unbranched alkanes of at least 4 members (excludes halogenated alkanes) is 1. The predicted molar refractivity (Wildman–Crippen MR) is 115 cm³/mol. The van der Waals surface area contributed by atoms with Gasteiger partial charge in [-0.1, -0.05) is 50.8 Å². The first-order valence-electron chi connectivity index (χ1n) is 10.5. The molecule has 2 atom stereocenters. The van der Waals surface area contributed by atoms with Gasteiger partial charge in [-0.25, -0.2) is 9.59 Å². The Labute approximate surface area is 172 Å². The van der Waals surface area contributed by atoms with Crippen molar-refractivity contribution >= 4 is 29.4 Å². The first kappa shape index (κ1) is 21.0. The summed E-state index contributed by atoms with van der Waals surface area (Å²) < 4.78 is 5.48. The molecule has 154 valence electrons. The van der Waals surface area contributed by atoms with Crippen molar-refractivity contribution in [2.24, 2.45) is 5.92 Å². The fourth-order valence-corrected chi connectivity index (χ4v) is 5.68. The Balaban J connectivity index is 1.76. The molecule has 5 nitrogen and oxygen atoms in total. The smallest absolute Gasteiger partial charge is 0.329 e. The van der Waals surface area contributed by atoms with E-state index >= 15 is 0 Å². The first-order chi connectivity index (χ1) is 13.6. The number of urea groups is 1. The first-order valence-corrected chi connectivity index (χ1v) is 11.6. The molecule has 1 heterocycles. The van der Waals surface area contributed by atoms with Gasteiger partial charge in [0.05, 0.1) is 12.0 Å². The number of thioether (sulfide) groups is 1. The number of amides is 2. The van der Waals surface area contributed by atoms with Crippen LogP contribution in [0.5, 0.6) is 0 Å². The molecule has 1 aromatic rings. The van der Waals surface area contributed by atoms with E-state index in [2.05, 4.69) is 12.2 Å². The average molecular weight is 405 g/mol. The molecule has 28 heavy (non-hydrogen) atoms. The van der Waals surface area contributed by atoms with Crippen LogP contribution >= 0.6 is 11.8 Å². The number of benzene rings is 1. The number of rotatable bonds is 6. The number of hydrogen-bond acceptors (Lipinski definition) is 4. The number of carbonyl (C=O) groups is 2. The van der Waals surface area contributed by atoms with Crippen molar-refractivity contribution in [3.63, 3.8) is 0 Å². The second-order valence-electron chi connectivity index (χ2n) is 7.81. The highest BCUT2D eigenvalue weighted by molar-refractivity contribution is 8.00. The molecular formula is C22H32N2O3S. The van der Waals surface area contributed by atoms with Gasteiger partial charge < -0.3 is 10.1 Å². The average Bonchev–Trinajstić information content (AvgIpc) is 3.16. The molecule has 0 unspecified atom stereocenters. The molecule has 1 aliphatic carbocycles. The lowest BCUT2D eigenvalue weighted by molar-refractivity contribution is -0.148. The molecule has 1 saturated heterocycles. The van der Waals surface area contributed by atoms with Gasteiger partial charge in [0.2, 0.25) is 0 Å². The van der Waals surface area contributed by atoms with Crippen LogP contribution in [0.25, 0.3) is 0 Å². The van der Waals surface area contributed by atoms with Crippen molar-refractivity contribution in [2.75, 3.05) is 17.7 Å². The number of nitrogens with zero attached hydrogens (tertiary/aromatic N) is 1. The molecule has 1 aromatic carbocycles. The number of hydrogen-bond donors (Lipinski definition) is 1. The topological polar surface area (TPSA) is 58.6 Å². The highest BCUT2D eigenvalue weighted by Gasteiger charge is 2.45. The molecule has 3 rings (SSSR count). The highest BCUT2D eigenvalue weighted by Crippen LogP contribution is 2.41. The summed E-state index contributed by atoms with van der Waals surface area (Å²) in [5.74, 6) is 0.807. The molecule has 2 aliphatic rings. The molecule has 1 N–H and O–H groups in total. The molecular weight excluding hydrogens is 372 g/mol. The lowest BCUT2D eigenvalue weighted by Crippen LogP contribution is -2.50. The molecule has 2 amide bonds. The van der Waals surface area contributed by atoms with Gasteiger partial charge in [-0.15, -0.1) is 11.8 Å². The zero-order valence-corrected chi connectivity index (χ0v) is 17.8. The maximum Gasteiger partial charge on any atom is 0.329 e. The Morgan fingerprint density at radius 1 is 1.21 bits per heavy atom. The summed E-state index contributed by atoms with van der Waals surface area (Å²) in [7, 11) is 0. The van der Waals surface area contributed by atoms with E-state index in [-0.39, 0.29) is 17.4 Å². The second kappa shape index (κ2) is 10.2.